The molecule has 0 aliphatic heterocycles. The van der Waals surface area contributed by atoms with Crippen molar-refractivity contribution in [1.29, 1.82) is 0 Å². The largest absolute Gasteiger partial charge is 0.505 e. The van der Waals surface area contributed by atoms with Crippen molar-refractivity contribution < 1.29 is 24.5 Å². The van der Waals surface area contributed by atoms with Crippen LogP contribution < -0.4 is 5.32 Å². The number of nitrogens with one attached hydrogen (secondary N) is 1. The van der Waals surface area contributed by atoms with E-state index in [4.69, 9.17) is 5.11 Å². The number of carbonyl (C=O) groups excluding carboxylic acids is 1. The fourth-order valence-electron chi connectivity index (χ4n) is 1.14. The van der Waals surface area contributed by atoms with Crippen LogP contribution in [0.15, 0.2) is 18.3 Å². The van der Waals surface area contributed by atoms with Gasteiger partial charge in [-0.3, -0.25) is 4.79 Å². The molecule has 3 N–H and O–H groups in total. The molecule has 17 heavy (non-hydrogen) atoms. The number of amides is 1. The summed E-state index contributed by atoms with van der Waals surface area (Å²) in [6.07, 6.45) is 1.32. The molecular formula is C10H12N2O5. The van der Waals surface area contributed by atoms with Crippen molar-refractivity contribution in [1.82, 2.24) is 10.3 Å². The fourth-order valence-corrected chi connectivity index (χ4v) is 1.14. The maximum Gasteiger partial charge on any atom is 0.328 e. The Kier molecular flexibility index (Phi) is 4.41. The molecule has 0 aliphatic carbocycles. The first-order chi connectivity index (χ1) is 8.06. The highest BCUT2D eigenvalue weighted by Gasteiger charge is 2.22. The van der Waals surface area contributed by atoms with E-state index in [0.29, 0.717) is 0 Å². The van der Waals surface area contributed by atoms with E-state index in [1.807, 2.05) is 0 Å². The number of carboxylic acid groups (broad SMARTS) is 1. The zero-order valence-electron chi connectivity index (χ0n) is 9.08. The number of carboxylic acids is 1. The normalized spacial score (nSPS) is 11.8. The highest BCUT2D eigenvalue weighted by molar-refractivity contribution is 5.97. The Balaban J connectivity index is 2.77. The lowest BCUT2D eigenvalue weighted by Gasteiger charge is -2.13. The van der Waals surface area contributed by atoms with E-state index in [1.165, 1.54) is 25.4 Å². The summed E-state index contributed by atoms with van der Waals surface area (Å²) in [5.41, 5.74) is -0.227. The predicted molar refractivity (Wildman–Crippen MR) is 56.7 cm³/mol. The minimum Gasteiger partial charge on any atom is -0.505 e. The van der Waals surface area contributed by atoms with Crippen molar-refractivity contribution in [2.75, 3.05) is 13.7 Å². The molecule has 0 saturated heterocycles. The minimum absolute atomic E-state index is 0.172. The Hall–Kier alpha value is -2.15. The molecule has 1 aromatic rings. The summed E-state index contributed by atoms with van der Waals surface area (Å²) in [6, 6.07) is 1.55. The third-order valence-electron chi connectivity index (χ3n) is 1.94. The number of carbonyl (C=O) groups is 2. The van der Waals surface area contributed by atoms with Gasteiger partial charge in [0.15, 0.2) is 11.7 Å². The molecular weight excluding hydrogens is 228 g/mol. The molecule has 1 atom stereocenters. The molecule has 0 saturated carbocycles. The second-order valence-electron chi connectivity index (χ2n) is 3.19. The van der Waals surface area contributed by atoms with Gasteiger partial charge in [-0.15, -0.1) is 0 Å². The minimum atomic E-state index is -1.23. The van der Waals surface area contributed by atoms with E-state index in [9.17, 15) is 14.7 Å². The highest BCUT2D eigenvalue weighted by atomic mass is 16.5. The lowest BCUT2D eigenvalue weighted by atomic mass is 10.2. The summed E-state index contributed by atoms with van der Waals surface area (Å²) < 4.78 is 4.65. The summed E-state index contributed by atoms with van der Waals surface area (Å²) in [6.45, 7) is -0.172. The third-order valence-corrected chi connectivity index (χ3v) is 1.94. The Morgan fingerprint density at radius 3 is 2.82 bits per heavy atom. The van der Waals surface area contributed by atoms with Crippen LogP contribution in [0.4, 0.5) is 0 Å². The second-order valence-corrected chi connectivity index (χ2v) is 3.19. The molecule has 1 heterocycles. The first kappa shape index (κ1) is 12.9. The first-order valence-electron chi connectivity index (χ1n) is 4.73. The quantitative estimate of drug-likeness (QED) is 0.647. The number of rotatable bonds is 5. The number of aromatic hydroxyl groups is 1. The van der Waals surface area contributed by atoms with Crippen LogP contribution in [0.5, 0.6) is 5.75 Å². The van der Waals surface area contributed by atoms with Crippen LogP contribution in [0, 0.1) is 0 Å². The van der Waals surface area contributed by atoms with Gasteiger partial charge in [-0.25, -0.2) is 9.78 Å². The molecule has 0 aliphatic rings. The number of nitrogens with zero attached hydrogens (tertiary/aromatic N) is 1. The molecule has 7 nitrogen and oxygen atoms in total. The van der Waals surface area contributed by atoms with Gasteiger partial charge in [0.05, 0.1) is 6.61 Å². The van der Waals surface area contributed by atoms with Crippen molar-refractivity contribution in [2.24, 2.45) is 0 Å². The van der Waals surface area contributed by atoms with Crippen molar-refractivity contribution in [3.05, 3.63) is 24.0 Å². The molecule has 1 unspecified atom stereocenters. The lowest BCUT2D eigenvalue weighted by Crippen LogP contribution is -2.44. The molecule has 92 valence electrons. The molecule has 1 amide bonds. The molecule has 1 rings (SSSR count). The van der Waals surface area contributed by atoms with Gasteiger partial charge in [-0.2, -0.15) is 0 Å². The molecule has 0 radical (unpaired) electrons. The zero-order chi connectivity index (χ0) is 12.8. The summed E-state index contributed by atoms with van der Waals surface area (Å²) >= 11 is 0. The van der Waals surface area contributed by atoms with Crippen LogP contribution in [0.2, 0.25) is 0 Å². The Bertz CT molecular complexity index is 421. The SMILES string of the molecule is COCC(NC(=O)c1ncccc1O)C(=O)O. The van der Waals surface area contributed by atoms with Gasteiger partial charge in [-0.1, -0.05) is 0 Å². The lowest BCUT2D eigenvalue weighted by molar-refractivity contribution is -0.140. The third kappa shape index (κ3) is 3.42. The monoisotopic (exact) mass is 240 g/mol. The number of aromatic nitrogens is 1. The number of hydrogen-bond acceptors (Lipinski definition) is 5. The van der Waals surface area contributed by atoms with E-state index in [2.05, 4.69) is 15.0 Å². The summed E-state index contributed by atoms with van der Waals surface area (Å²) in [5, 5.41) is 20.3. The van der Waals surface area contributed by atoms with Gasteiger partial charge < -0.3 is 20.3 Å². The maximum atomic E-state index is 11.6. The number of hydrogen-bond donors (Lipinski definition) is 3. The van der Waals surface area contributed by atoms with E-state index >= 15 is 0 Å². The molecule has 0 fully saturated rings. The van der Waals surface area contributed by atoms with Crippen LogP contribution >= 0.6 is 0 Å². The topological polar surface area (TPSA) is 109 Å². The van der Waals surface area contributed by atoms with Crippen molar-refractivity contribution in [3.63, 3.8) is 0 Å². The second kappa shape index (κ2) is 5.80. The fraction of sp³-hybridized carbons (Fsp3) is 0.300. The van der Waals surface area contributed by atoms with E-state index < -0.39 is 17.9 Å². The predicted octanol–water partition coefficient (Wildman–Crippen LogP) is -0.383. The Labute approximate surface area is 97.1 Å². The van der Waals surface area contributed by atoms with Crippen LogP contribution in [0.25, 0.3) is 0 Å². The summed E-state index contributed by atoms with van der Waals surface area (Å²) in [5.74, 6) is -2.31. The Morgan fingerprint density at radius 1 is 1.59 bits per heavy atom. The van der Waals surface area contributed by atoms with Crippen molar-refractivity contribution in [2.45, 2.75) is 6.04 Å². The number of pyridine rings is 1. The zero-order valence-corrected chi connectivity index (χ0v) is 9.08. The maximum absolute atomic E-state index is 11.6. The molecule has 1 aromatic heterocycles. The van der Waals surface area contributed by atoms with Gasteiger partial charge in [0.1, 0.15) is 5.75 Å². The van der Waals surface area contributed by atoms with Crippen LogP contribution in [0.1, 0.15) is 10.5 Å². The smallest absolute Gasteiger partial charge is 0.328 e. The average molecular weight is 240 g/mol. The van der Waals surface area contributed by atoms with E-state index in [-0.39, 0.29) is 18.1 Å². The van der Waals surface area contributed by atoms with Crippen LogP contribution in [0.3, 0.4) is 0 Å². The Morgan fingerprint density at radius 2 is 2.29 bits per heavy atom. The average Bonchev–Trinajstić information content (AvgIpc) is 2.28. The van der Waals surface area contributed by atoms with Gasteiger partial charge in [-0.05, 0) is 12.1 Å². The highest BCUT2D eigenvalue weighted by Crippen LogP contribution is 2.12. The van der Waals surface area contributed by atoms with E-state index in [0.717, 1.165) is 0 Å². The number of ether oxygens (including phenoxy) is 1. The number of aliphatic carboxylic acids is 1. The molecule has 0 aromatic carbocycles. The van der Waals surface area contributed by atoms with Gasteiger partial charge >= 0.3 is 5.97 Å². The molecule has 0 spiro atoms. The van der Waals surface area contributed by atoms with Gasteiger partial charge in [0.2, 0.25) is 0 Å². The molecule has 0 bridgehead atoms. The van der Waals surface area contributed by atoms with E-state index in [1.54, 1.807) is 0 Å². The van der Waals surface area contributed by atoms with Gasteiger partial charge in [0.25, 0.3) is 5.91 Å². The van der Waals surface area contributed by atoms with Crippen molar-refractivity contribution >= 4 is 11.9 Å². The number of methoxy groups -OCH3 is 1. The first-order valence-corrected chi connectivity index (χ1v) is 4.73. The standard InChI is InChI=1S/C10H12N2O5/c1-17-5-6(10(15)16)12-9(14)8-7(13)3-2-4-11-8/h2-4,6,13H,5H2,1H3,(H,12,14)(H,15,16). The van der Waals surface area contributed by atoms with Crippen LogP contribution in [-0.2, 0) is 9.53 Å². The van der Waals surface area contributed by atoms with Crippen LogP contribution in [-0.4, -0.2) is 46.8 Å². The van der Waals surface area contributed by atoms with Crippen molar-refractivity contribution in [3.8, 4) is 5.75 Å². The summed E-state index contributed by atoms with van der Waals surface area (Å²) in [4.78, 5) is 26.0. The van der Waals surface area contributed by atoms with Gasteiger partial charge in [0, 0.05) is 13.3 Å². The molecule has 7 heteroatoms. The summed E-state index contributed by atoms with van der Waals surface area (Å²) in [7, 11) is 1.32.